The van der Waals surface area contributed by atoms with Crippen molar-refractivity contribution < 1.29 is 22.0 Å². The van der Waals surface area contributed by atoms with Crippen LogP contribution >= 0.6 is 12.2 Å². The van der Waals surface area contributed by atoms with Gasteiger partial charge in [-0.05, 0) is 43.5 Å². The number of benzene rings is 1. The highest BCUT2D eigenvalue weighted by Crippen LogP contribution is 2.31. The van der Waals surface area contributed by atoms with Crippen LogP contribution in [0.2, 0.25) is 0 Å². The van der Waals surface area contributed by atoms with E-state index in [1.165, 1.54) is 19.9 Å². The van der Waals surface area contributed by atoms with Crippen molar-refractivity contribution in [2.24, 2.45) is 5.73 Å². The van der Waals surface area contributed by atoms with Crippen LogP contribution in [-0.4, -0.2) is 19.3 Å². The molecule has 0 saturated heterocycles. The van der Waals surface area contributed by atoms with Gasteiger partial charge in [-0.2, -0.15) is 26.6 Å². The minimum absolute atomic E-state index is 0.0209. The minimum Gasteiger partial charge on any atom is -0.389 e. The third-order valence-electron chi connectivity index (χ3n) is 3.79. The summed E-state index contributed by atoms with van der Waals surface area (Å²) in [5.41, 5.74) is 5.65. The smallest absolute Gasteiger partial charge is 0.389 e. The number of nitrogens with zero attached hydrogens (tertiary/aromatic N) is 3. The third kappa shape index (κ3) is 3.15. The van der Waals surface area contributed by atoms with Gasteiger partial charge < -0.3 is 5.73 Å². The first-order valence-electron chi connectivity index (χ1n) is 6.85. The molecular weight excluding hydrogens is 367 g/mol. The molecule has 2 aromatic rings. The minimum atomic E-state index is -5.21. The summed E-state index contributed by atoms with van der Waals surface area (Å²) in [6.45, 7) is 0.924. The Labute approximate surface area is 143 Å². The van der Waals surface area contributed by atoms with Crippen molar-refractivity contribution in [3.63, 3.8) is 0 Å². The summed E-state index contributed by atoms with van der Waals surface area (Å²) in [6, 6.07) is 1.47. The van der Waals surface area contributed by atoms with E-state index in [1.807, 2.05) is 0 Å². The molecule has 0 aliphatic heterocycles. The number of alkyl halides is 5. The lowest BCUT2D eigenvalue weighted by molar-refractivity contribution is -0.152. The first-order chi connectivity index (χ1) is 11.4. The third-order valence-corrected chi connectivity index (χ3v) is 4.01. The van der Waals surface area contributed by atoms with Crippen molar-refractivity contribution in [1.82, 2.24) is 14.3 Å². The van der Waals surface area contributed by atoms with Crippen LogP contribution in [0.1, 0.15) is 34.6 Å². The Morgan fingerprint density at radius 2 is 1.80 bits per heavy atom. The average molecular weight is 380 g/mol. The van der Waals surface area contributed by atoms with Crippen LogP contribution in [0.4, 0.5) is 22.0 Å². The lowest BCUT2D eigenvalue weighted by atomic mass is 9.97. The topological polar surface area (TPSA) is 65.8 Å². The first kappa shape index (κ1) is 19.0. The van der Waals surface area contributed by atoms with Crippen molar-refractivity contribution in [2.45, 2.75) is 33.5 Å². The molecule has 11 heteroatoms. The maximum absolute atomic E-state index is 13.0. The van der Waals surface area contributed by atoms with Gasteiger partial charge in [0.15, 0.2) is 0 Å². The van der Waals surface area contributed by atoms with Crippen molar-refractivity contribution in [3.05, 3.63) is 44.6 Å². The fourth-order valence-electron chi connectivity index (χ4n) is 2.54. The molecule has 25 heavy (non-hydrogen) atoms. The van der Waals surface area contributed by atoms with Gasteiger partial charge in [-0.3, -0.25) is 0 Å². The van der Waals surface area contributed by atoms with E-state index in [-0.39, 0.29) is 10.7 Å². The van der Waals surface area contributed by atoms with Crippen LogP contribution in [0, 0.1) is 20.8 Å². The molecule has 5 nitrogen and oxygen atoms in total. The fraction of sp³-hybridized carbons (Fsp3) is 0.357. The molecule has 0 aliphatic rings. The maximum Gasteiger partial charge on any atom is 0.451 e. The molecule has 136 valence electrons. The van der Waals surface area contributed by atoms with E-state index in [0.29, 0.717) is 26.9 Å². The molecule has 1 aromatic carbocycles. The number of aromatic nitrogens is 3. The highest BCUT2D eigenvalue weighted by atomic mass is 32.1. The Morgan fingerprint density at radius 3 is 2.20 bits per heavy atom. The molecule has 2 rings (SSSR count). The summed E-state index contributed by atoms with van der Waals surface area (Å²) >= 11 is 4.90. The van der Waals surface area contributed by atoms with Gasteiger partial charge in [0, 0.05) is 5.56 Å². The largest absolute Gasteiger partial charge is 0.451 e. The normalized spacial score (nSPS) is 12.0. The SMILES string of the molecule is Cc1cc(C(N)=S)c(C)c(C)c1-n1nc(C(F)(F)F)n(C(F)F)c1=O. The zero-order valence-corrected chi connectivity index (χ0v) is 14.1. The van der Waals surface area contributed by atoms with Gasteiger partial charge in [0.1, 0.15) is 4.99 Å². The second-order valence-electron chi connectivity index (χ2n) is 5.37. The average Bonchev–Trinajstić information content (AvgIpc) is 2.80. The van der Waals surface area contributed by atoms with Crippen LogP contribution in [0.5, 0.6) is 0 Å². The fourth-order valence-corrected chi connectivity index (χ4v) is 2.76. The van der Waals surface area contributed by atoms with Gasteiger partial charge in [-0.1, -0.05) is 12.2 Å². The van der Waals surface area contributed by atoms with E-state index < -0.39 is 28.8 Å². The van der Waals surface area contributed by atoms with Crippen molar-refractivity contribution in [3.8, 4) is 5.69 Å². The molecule has 0 unspecified atom stereocenters. The summed E-state index contributed by atoms with van der Waals surface area (Å²) in [5, 5.41) is 3.11. The van der Waals surface area contributed by atoms with E-state index in [0.717, 1.165) is 0 Å². The Bertz CT molecular complexity index is 913. The molecule has 2 N–H and O–H groups in total. The molecule has 0 saturated carbocycles. The molecule has 0 radical (unpaired) electrons. The molecular formula is C14H13F5N4OS. The number of nitrogens with two attached hydrogens (primary N) is 1. The first-order valence-corrected chi connectivity index (χ1v) is 7.26. The van der Waals surface area contributed by atoms with Gasteiger partial charge in [0.25, 0.3) is 0 Å². The van der Waals surface area contributed by atoms with Crippen molar-refractivity contribution in [2.75, 3.05) is 0 Å². The highest BCUT2D eigenvalue weighted by molar-refractivity contribution is 7.80. The summed E-state index contributed by atoms with van der Waals surface area (Å²) in [5.74, 6) is -1.97. The van der Waals surface area contributed by atoms with Crippen molar-refractivity contribution >= 4 is 17.2 Å². The van der Waals surface area contributed by atoms with Crippen LogP contribution in [0.3, 0.4) is 0 Å². The molecule has 0 atom stereocenters. The van der Waals surface area contributed by atoms with Gasteiger partial charge in [0.2, 0.25) is 5.82 Å². The van der Waals surface area contributed by atoms with E-state index in [2.05, 4.69) is 5.10 Å². The van der Waals surface area contributed by atoms with Gasteiger partial charge >= 0.3 is 18.4 Å². The standard InChI is InChI=1S/C14H13F5N4OS/c1-5-4-8(10(20)25)6(2)7(3)9(5)23-13(24)22(12(15)16)11(21-23)14(17,18)19/h4,12H,1-3H3,(H2,20,25). The maximum atomic E-state index is 13.0. The summed E-state index contributed by atoms with van der Waals surface area (Å²) in [7, 11) is 0. The summed E-state index contributed by atoms with van der Waals surface area (Å²) in [4.78, 5) is 12.2. The quantitative estimate of drug-likeness (QED) is 0.657. The van der Waals surface area contributed by atoms with E-state index in [4.69, 9.17) is 18.0 Å². The molecule has 0 aliphatic carbocycles. The highest BCUT2D eigenvalue weighted by Gasteiger charge is 2.41. The Balaban J connectivity index is 2.88. The lowest BCUT2D eigenvalue weighted by Gasteiger charge is -2.15. The zero-order chi connectivity index (χ0) is 19.3. The van der Waals surface area contributed by atoms with Crippen LogP contribution in [-0.2, 0) is 6.18 Å². The van der Waals surface area contributed by atoms with Crippen LogP contribution < -0.4 is 11.4 Å². The zero-order valence-electron chi connectivity index (χ0n) is 13.3. The second-order valence-corrected chi connectivity index (χ2v) is 5.81. The van der Waals surface area contributed by atoms with E-state index >= 15 is 0 Å². The lowest BCUT2D eigenvalue weighted by Crippen LogP contribution is -2.27. The Morgan fingerprint density at radius 1 is 1.24 bits per heavy atom. The van der Waals surface area contributed by atoms with Gasteiger partial charge in [-0.15, -0.1) is 5.10 Å². The number of rotatable bonds is 3. The van der Waals surface area contributed by atoms with Crippen LogP contribution in [0.25, 0.3) is 5.69 Å². The molecule has 1 heterocycles. The Hall–Kier alpha value is -2.30. The van der Waals surface area contributed by atoms with Gasteiger partial charge in [-0.25, -0.2) is 9.36 Å². The molecule has 0 spiro atoms. The van der Waals surface area contributed by atoms with Gasteiger partial charge in [0.05, 0.1) is 5.69 Å². The number of thiocarbonyl (C=S) groups is 1. The predicted octanol–water partition coefficient (Wildman–Crippen LogP) is 3.01. The number of aryl methyl sites for hydroxylation is 1. The van der Waals surface area contributed by atoms with E-state index in [1.54, 1.807) is 6.92 Å². The molecule has 1 aromatic heterocycles. The monoisotopic (exact) mass is 380 g/mol. The van der Waals surface area contributed by atoms with Crippen molar-refractivity contribution in [1.29, 1.82) is 0 Å². The molecule has 0 amide bonds. The second kappa shape index (κ2) is 6.21. The summed E-state index contributed by atoms with van der Waals surface area (Å²) < 4.78 is 64.5. The molecule has 0 bridgehead atoms. The van der Waals surface area contributed by atoms with Crippen LogP contribution in [0.15, 0.2) is 10.9 Å². The molecule has 0 fully saturated rings. The predicted molar refractivity (Wildman–Crippen MR) is 84.2 cm³/mol. The number of hydrogen-bond donors (Lipinski definition) is 1. The number of halogens is 5. The summed E-state index contributed by atoms with van der Waals surface area (Å²) in [6.07, 6.45) is -5.21. The Kier molecular flexibility index (Phi) is 4.73. The van der Waals surface area contributed by atoms with E-state index in [9.17, 15) is 26.7 Å². The number of hydrogen-bond acceptors (Lipinski definition) is 3.